The Bertz CT molecular complexity index is 687. The minimum Gasteiger partial charge on any atom is -0.496 e. The van der Waals surface area contributed by atoms with E-state index in [9.17, 15) is 9.59 Å². The Labute approximate surface area is 133 Å². The topological polar surface area (TPSA) is 83.2 Å². The second-order valence-corrected chi connectivity index (χ2v) is 5.34. The third-order valence-corrected chi connectivity index (χ3v) is 3.28. The number of methoxy groups -OCH3 is 1. The van der Waals surface area contributed by atoms with Crippen LogP contribution in [0.1, 0.15) is 20.8 Å². The van der Waals surface area contributed by atoms with Crippen LogP contribution in [0.3, 0.4) is 0 Å². The molecule has 110 valence electrons. The summed E-state index contributed by atoms with van der Waals surface area (Å²) >= 11 is 9.06. The molecule has 0 spiro atoms. The molecule has 0 atom stereocenters. The van der Waals surface area contributed by atoms with E-state index < -0.39 is 11.8 Å². The summed E-state index contributed by atoms with van der Waals surface area (Å²) in [6.07, 6.45) is 1.61. The number of rotatable bonds is 3. The van der Waals surface area contributed by atoms with Gasteiger partial charge in [0.2, 0.25) is 0 Å². The quantitative estimate of drug-likeness (QED) is 0.724. The molecule has 0 aliphatic rings. The van der Waals surface area contributed by atoms with Gasteiger partial charge in [-0.15, -0.1) is 0 Å². The van der Waals surface area contributed by atoms with Gasteiger partial charge in [0, 0.05) is 15.7 Å². The number of aromatic amines is 1. The van der Waals surface area contributed by atoms with Crippen LogP contribution in [0, 0.1) is 0 Å². The molecule has 2 amide bonds. The van der Waals surface area contributed by atoms with E-state index in [-0.39, 0.29) is 5.56 Å². The van der Waals surface area contributed by atoms with Crippen molar-refractivity contribution in [3.05, 3.63) is 51.2 Å². The van der Waals surface area contributed by atoms with Crippen molar-refractivity contribution in [2.24, 2.45) is 0 Å². The van der Waals surface area contributed by atoms with Gasteiger partial charge in [-0.25, -0.2) is 0 Å². The molecule has 21 heavy (non-hydrogen) atoms. The number of carbonyl (C=O) groups is 2. The lowest BCUT2D eigenvalue weighted by Gasteiger charge is -2.10. The molecule has 2 aromatic rings. The van der Waals surface area contributed by atoms with E-state index in [1.165, 1.54) is 13.2 Å². The maximum atomic E-state index is 12.0. The molecule has 0 fully saturated rings. The molecule has 1 aromatic heterocycles. The van der Waals surface area contributed by atoms with Crippen LogP contribution in [0.25, 0.3) is 0 Å². The minimum absolute atomic E-state index is 0.220. The zero-order chi connectivity index (χ0) is 15.4. The normalized spacial score (nSPS) is 10.0. The van der Waals surface area contributed by atoms with Gasteiger partial charge in [0.15, 0.2) is 0 Å². The second kappa shape index (κ2) is 6.64. The maximum absolute atomic E-state index is 12.0. The molecule has 3 N–H and O–H groups in total. The average Bonchev–Trinajstić information content (AvgIpc) is 2.91. The van der Waals surface area contributed by atoms with Crippen molar-refractivity contribution in [1.29, 1.82) is 0 Å². The van der Waals surface area contributed by atoms with Crippen LogP contribution in [0.5, 0.6) is 5.75 Å². The van der Waals surface area contributed by atoms with Crippen LogP contribution in [-0.2, 0) is 0 Å². The van der Waals surface area contributed by atoms with Crippen molar-refractivity contribution in [1.82, 2.24) is 15.8 Å². The van der Waals surface area contributed by atoms with E-state index in [0.29, 0.717) is 16.5 Å². The molecule has 2 rings (SSSR count). The van der Waals surface area contributed by atoms with E-state index in [0.717, 1.165) is 4.47 Å². The summed E-state index contributed by atoms with van der Waals surface area (Å²) in [5.74, 6) is -0.655. The maximum Gasteiger partial charge on any atom is 0.286 e. The SMILES string of the molecule is COc1ccc(Cl)cc1C(=O)NNC(=O)c1cc(Br)c[nH]1. The summed E-state index contributed by atoms with van der Waals surface area (Å²) in [4.78, 5) is 26.6. The zero-order valence-electron chi connectivity index (χ0n) is 10.9. The first kappa shape index (κ1) is 15.4. The molecule has 0 radical (unpaired) electrons. The summed E-state index contributed by atoms with van der Waals surface area (Å²) in [6, 6.07) is 6.21. The van der Waals surface area contributed by atoms with Crippen LogP contribution < -0.4 is 15.6 Å². The molecule has 8 heteroatoms. The highest BCUT2D eigenvalue weighted by Gasteiger charge is 2.14. The first-order chi connectivity index (χ1) is 10.0. The van der Waals surface area contributed by atoms with Gasteiger partial charge in [-0.1, -0.05) is 11.6 Å². The molecule has 0 aliphatic heterocycles. The van der Waals surface area contributed by atoms with Gasteiger partial charge in [-0.05, 0) is 40.2 Å². The molecule has 0 unspecified atom stereocenters. The van der Waals surface area contributed by atoms with Gasteiger partial charge in [-0.2, -0.15) is 0 Å². The zero-order valence-corrected chi connectivity index (χ0v) is 13.2. The number of H-pyrrole nitrogens is 1. The lowest BCUT2D eigenvalue weighted by molar-refractivity contribution is 0.0842. The van der Waals surface area contributed by atoms with Gasteiger partial charge in [0.25, 0.3) is 11.8 Å². The number of halogens is 2. The van der Waals surface area contributed by atoms with Crippen molar-refractivity contribution in [2.45, 2.75) is 0 Å². The minimum atomic E-state index is -0.534. The van der Waals surface area contributed by atoms with Crippen LogP contribution in [0.4, 0.5) is 0 Å². The predicted octanol–water partition coefficient (Wildman–Crippen LogP) is 2.51. The Hall–Kier alpha value is -1.99. The fraction of sp³-hybridized carbons (Fsp3) is 0.0769. The van der Waals surface area contributed by atoms with E-state index in [1.807, 2.05) is 0 Å². The van der Waals surface area contributed by atoms with E-state index in [2.05, 4.69) is 31.8 Å². The summed E-state index contributed by atoms with van der Waals surface area (Å²) in [5, 5.41) is 0.389. The number of aromatic nitrogens is 1. The first-order valence-electron chi connectivity index (χ1n) is 5.79. The van der Waals surface area contributed by atoms with Crippen molar-refractivity contribution in [3.63, 3.8) is 0 Å². The van der Waals surface area contributed by atoms with Crippen molar-refractivity contribution in [3.8, 4) is 5.75 Å². The number of ether oxygens (including phenoxy) is 1. The van der Waals surface area contributed by atoms with Gasteiger partial charge in [-0.3, -0.25) is 20.4 Å². The molecule has 1 aromatic carbocycles. The number of hydrazine groups is 1. The standard InChI is InChI=1S/C13H11BrClN3O3/c1-21-11-3-2-8(15)5-9(11)12(19)17-18-13(20)10-4-7(14)6-16-10/h2-6,16H,1H3,(H,17,19)(H,18,20). The molecule has 0 bridgehead atoms. The Kier molecular flexibility index (Phi) is 4.87. The largest absolute Gasteiger partial charge is 0.496 e. The van der Waals surface area contributed by atoms with Gasteiger partial charge in [0.05, 0.1) is 12.7 Å². The molecule has 6 nitrogen and oxygen atoms in total. The summed E-state index contributed by atoms with van der Waals surface area (Å²) in [6.45, 7) is 0. The van der Waals surface area contributed by atoms with Gasteiger partial charge < -0.3 is 9.72 Å². The lowest BCUT2D eigenvalue weighted by Crippen LogP contribution is -2.41. The monoisotopic (exact) mass is 371 g/mol. The van der Waals surface area contributed by atoms with Crippen molar-refractivity contribution >= 4 is 39.3 Å². The van der Waals surface area contributed by atoms with E-state index >= 15 is 0 Å². The van der Waals surface area contributed by atoms with Crippen LogP contribution in [-0.4, -0.2) is 23.9 Å². The smallest absolute Gasteiger partial charge is 0.286 e. The number of hydrogen-bond acceptors (Lipinski definition) is 3. The lowest BCUT2D eigenvalue weighted by atomic mass is 10.2. The first-order valence-corrected chi connectivity index (χ1v) is 6.96. The molecule has 1 heterocycles. The van der Waals surface area contributed by atoms with Crippen LogP contribution >= 0.6 is 27.5 Å². The number of amides is 2. The van der Waals surface area contributed by atoms with Crippen LogP contribution in [0.15, 0.2) is 34.9 Å². The highest BCUT2D eigenvalue weighted by molar-refractivity contribution is 9.10. The fourth-order valence-corrected chi connectivity index (χ4v) is 2.12. The Morgan fingerprint density at radius 1 is 1.24 bits per heavy atom. The average molecular weight is 373 g/mol. The Morgan fingerprint density at radius 3 is 2.57 bits per heavy atom. The molecule has 0 saturated carbocycles. The summed E-state index contributed by atoms with van der Waals surface area (Å²) in [7, 11) is 1.44. The Morgan fingerprint density at radius 2 is 1.95 bits per heavy atom. The van der Waals surface area contributed by atoms with Gasteiger partial charge >= 0.3 is 0 Å². The highest BCUT2D eigenvalue weighted by Crippen LogP contribution is 2.22. The van der Waals surface area contributed by atoms with E-state index in [1.54, 1.807) is 24.4 Å². The summed E-state index contributed by atoms with van der Waals surface area (Å²) in [5.41, 5.74) is 5.11. The van der Waals surface area contributed by atoms with Crippen LogP contribution in [0.2, 0.25) is 5.02 Å². The number of carbonyl (C=O) groups excluding carboxylic acids is 2. The molecule has 0 saturated heterocycles. The number of nitrogens with one attached hydrogen (secondary N) is 3. The highest BCUT2D eigenvalue weighted by atomic mass is 79.9. The molecular weight excluding hydrogens is 362 g/mol. The third-order valence-electron chi connectivity index (χ3n) is 2.59. The number of hydrogen-bond donors (Lipinski definition) is 3. The van der Waals surface area contributed by atoms with Crippen molar-refractivity contribution < 1.29 is 14.3 Å². The fourth-order valence-electron chi connectivity index (χ4n) is 1.60. The van der Waals surface area contributed by atoms with Crippen molar-refractivity contribution in [2.75, 3.05) is 7.11 Å². The third kappa shape index (κ3) is 3.77. The number of benzene rings is 1. The Balaban J connectivity index is 2.05. The predicted molar refractivity (Wildman–Crippen MR) is 81.4 cm³/mol. The molecule has 0 aliphatic carbocycles. The van der Waals surface area contributed by atoms with E-state index in [4.69, 9.17) is 16.3 Å². The van der Waals surface area contributed by atoms with Gasteiger partial charge in [0.1, 0.15) is 11.4 Å². The molecular formula is C13H11BrClN3O3. The second-order valence-electron chi connectivity index (χ2n) is 3.98. The summed E-state index contributed by atoms with van der Waals surface area (Å²) < 4.78 is 5.80.